The molecule has 0 spiro atoms. The molecule has 1 aliphatic carbocycles. The van der Waals surface area contributed by atoms with Crippen LogP contribution < -0.4 is 0 Å². The highest BCUT2D eigenvalue weighted by molar-refractivity contribution is 6.35. The molecule has 5 heteroatoms. The van der Waals surface area contributed by atoms with E-state index in [2.05, 4.69) is 9.97 Å². The number of hydrogen-bond acceptors (Lipinski definition) is 2. The molecule has 0 atom stereocenters. The molecule has 0 amide bonds. The second-order valence-electron chi connectivity index (χ2n) is 4.78. The fourth-order valence-corrected chi connectivity index (χ4v) is 2.70. The van der Waals surface area contributed by atoms with Gasteiger partial charge in [0.2, 0.25) is 0 Å². The molecule has 0 saturated heterocycles. The Kier molecular flexibility index (Phi) is 3.42. The minimum absolute atomic E-state index is 0.450. The molecule has 2 nitrogen and oxygen atoms in total. The Labute approximate surface area is 126 Å². The third-order valence-corrected chi connectivity index (χ3v) is 3.99. The van der Waals surface area contributed by atoms with Crippen molar-refractivity contribution in [3.05, 3.63) is 44.8 Å². The van der Waals surface area contributed by atoms with E-state index in [0.29, 0.717) is 21.1 Å². The van der Waals surface area contributed by atoms with Crippen molar-refractivity contribution in [2.75, 3.05) is 0 Å². The van der Waals surface area contributed by atoms with Crippen LogP contribution in [0.15, 0.2) is 18.2 Å². The molecule has 1 aliphatic rings. The van der Waals surface area contributed by atoms with Crippen LogP contribution in [-0.4, -0.2) is 9.97 Å². The second kappa shape index (κ2) is 4.93. The largest absolute Gasteiger partial charge is 0.232 e. The predicted octanol–water partition coefficient (Wildman–Crippen LogP) is 5.29. The van der Waals surface area contributed by atoms with Crippen molar-refractivity contribution in [1.82, 2.24) is 9.97 Å². The molecule has 1 fully saturated rings. The lowest BCUT2D eigenvalue weighted by molar-refractivity contribution is 0.922. The van der Waals surface area contributed by atoms with E-state index in [1.54, 1.807) is 6.07 Å². The average molecular weight is 314 g/mol. The van der Waals surface area contributed by atoms with Crippen molar-refractivity contribution in [3.8, 4) is 11.3 Å². The van der Waals surface area contributed by atoms with Gasteiger partial charge in [-0.3, -0.25) is 0 Å². The monoisotopic (exact) mass is 312 g/mol. The number of benzene rings is 1. The van der Waals surface area contributed by atoms with Gasteiger partial charge < -0.3 is 0 Å². The Morgan fingerprint density at radius 3 is 2.21 bits per heavy atom. The number of aromatic nitrogens is 2. The van der Waals surface area contributed by atoms with Crippen LogP contribution in [0.25, 0.3) is 11.3 Å². The molecule has 2 aromatic rings. The lowest BCUT2D eigenvalue weighted by Gasteiger charge is -2.10. The van der Waals surface area contributed by atoms with Crippen LogP contribution in [-0.2, 0) is 0 Å². The minimum Gasteiger partial charge on any atom is -0.232 e. The van der Waals surface area contributed by atoms with Gasteiger partial charge in [-0.15, -0.1) is 0 Å². The van der Waals surface area contributed by atoms with E-state index in [9.17, 15) is 0 Å². The summed E-state index contributed by atoms with van der Waals surface area (Å²) >= 11 is 18.3. The summed E-state index contributed by atoms with van der Waals surface area (Å²) in [6, 6.07) is 5.39. The van der Waals surface area contributed by atoms with Gasteiger partial charge in [-0.1, -0.05) is 34.8 Å². The summed E-state index contributed by atoms with van der Waals surface area (Å²) < 4.78 is 0. The first-order chi connectivity index (χ1) is 9.04. The van der Waals surface area contributed by atoms with E-state index in [1.807, 2.05) is 19.1 Å². The summed E-state index contributed by atoms with van der Waals surface area (Å²) in [7, 11) is 0. The van der Waals surface area contributed by atoms with Gasteiger partial charge in [0.25, 0.3) is 0 Å². The van der Waals surface area contributed by atoms with Crippen molar-refractivity contribution in [1.29, 1.82) is 0 Å². The van der Waals surface area contributed by atoms with Crippen LogP contribution >= 0.6 is 34.8 Å². The molecule has 0 N–H and O–H groups in total. The summed E-state index contributed by atoms with van der Waals surface area (Å²) in [5.41, 5.74) is 2.54. The number of hydrogen-bond donors (Lipinski definition) is 0. The highest BCUT2D eigenvalue weighted by atomic mass is 35.5. The Morgan fingerprint density at radius 2 is 1.63 bits per heavy atom. The van der Waals surface area contributed by atoms with E-state index in [1.165, 1.54) is 0 Å². The molecule has 1 saturated carbocycles. The molecule has 3 rings (SSSR count). The molecule has 0 unspecified atom stereocenters. The fourth-order valence-electron chi connectivity index (χ4n) is 2.00. The summed E-state index contributed by atoms with van der Waals surface area (Å²) in [4.78, 5) is 8.99. The Morgan fingerprint density at radius 1 is 1.00 bits per heavy atom. The highest BCUT2D eigenvalue weighted by Gasteiger charge is 2.28. The van der Waals surface area contributed by atoms with Crippen LogP contribution in [0.1, 0.15) is 30.1 Å². The fraction of sp³-hybridized carbons (Fsp3) is 0.286. The van der Waals surface area contributed by atoms with Gasteiger partial charge >= 0.3 is 0 Å². The van der Waals surface area contributed by atoms with Gasteiger partial charge in [-0.25, -0.2) is 9.97 Å². The lowest BCUT2D eigenvalue weighted by atomic mass is 10.1. The topological polar surface area (TPSA) is 25.8 Å². The standard InChI is InChI=1S/C14H11Cl3N2/c1-7-12(9-4-10(15)6-11(16)5-9)18-14(8-2-3-8)19-13(7)17/h4-6,8H,2-3H2,1H3. The SMILES string of the molecule is Cc1c(Cl)nc(C2CC2)nc1-c1cc(Cl)cc(Cl)c1. The first-order valence-corrected chi connectivity index (χ1v) is 7.18. The third kappa shape index (κ3) is 2.71. The molecule has 0 aliphatic heterocycles. The summed E-state index contributed by atoms with van der Waals surface area (Å²) in [5.74, 6) is 1.27. The van der Waals surface area contributed by atoms with Crippen LogP contribution in [0.4, 0.5) is 0 Å². The quantitative estimate of drug-likeness (QED) is 0.704. The van der Waals surface area contributed by atoms with Crippen molar-refractivity contribution >= 4 is 34.8 Å². The molecular formula is C14H11Cl3N2. The van der Waals surface area contributed by atoms with Gasteiger partial charge in [0.1, 0.15) is 11.0 Å². The van der Waals surface area contributed by atoms with Crippen molar-refractivity contribution in [2.24, 2.45) is 0 Å². The van der Waals surface area contributed by atoms with E-state index in [-0.39, 0.29) is 0 Å². The number of halogens is 3. The zero-order valence-electron chi connectivity index (χ0n) is 10.3. The second-order valence-corrected chi connectivity index (χ2v) is 6.01. The Balaban J connectivity index is 2.17. The molecule has 1 aromatic carbocycles. The van der Waals surface area contributed by atoms with Crippen LogP contribution in [0, 0.1) is 6.92 Å². The molecule has 1 heterocycles. The number of nitrogens with zero attached hydrogens (tertiary/aromatic N) is 2. The average Bonchev–Trinajstić information content (AvgIpc) is 3.15. The van der Waals surface area contributed by atoms with Gasteiger partial charge in [-0.2, -0.15) is 0 Å². The first-order valence-electron chi connectivity index (χ1n) is 6.05. The maximum Gasteiger partial charge on any atom is 0.136 e. The summed E-state index contributed by atoms with van der Waals surface area (Å²) in [6.07, 6.45) is 2.27. The maximum atomic E-state index is 6.20. The smallest absolute Gasteiger partial charge is 0.136 e. The van der Waals surface area contributed by atoms with Crippen molar-refractivity contribution in [2.45, 2.75) is 25.7 Å². The number of rotatable bonds is 2. The predicted molar refractivity (Wildman–Crippen MR) is 79.2 cm³/mol. The zero-order valence-corrected chi connectivity index (χ0v) is 12.5. The third-order valence-electron chi connectivity index (χ3n) is 3.18. The molecule has 19 heavy (non-hydrogen) atoms. The molecular weight excluding hydrogens is 303 g/mol. The van der Waals surface area contributed by atoms with E-state index < -0.39 is 0 Å². The van der Waals surface area contributed by atoms with Gasteiger partial charge in [0, 0.05) is 27.1 Å². The van der Waals surface area contributed by atoms with Gasteiger partial charge in [0.15, 0.2) is 0 Å². The summed E-state index contributed by atoms with van der Waals surface area (Å²) in [6.45, 7) is 1.91. The van der Waals surface area contributed by atoms with E-state index in [4.69, 9.17) is 34.8 Å². The summed E-state index contributed by atoms with van der Waals surface area (Å²) in [5, 5.41) is 1.68. The molecule has 98 valence electrons. The zero-order chi connectivity index (χ0) is 13.6. The van der Waals surface area contributed by atoms with Gasteiger partial charge in [0.05, 0.1) is 5.69 Å². The van der Waals surface area contributed by atoms with E-state index in [0.717, 1.165) is 35.5 Å². The van der Waals surface area contributed by atoms with Crippen LogP contribution in [0.5, 0.6) is 0 Å². The van der Waals surface area contributed by atoms with Crippen LogP contribution in [0.2, 0.25) is 15.2 Å². The normalized spacial score (nSPS) is 14.7. The molecule has 1 aromatic heterocycles. The highest BCUT2D eigenvalue weighted by Crippen LogP contribution is 2.40. The minimum atomic E-state index is 0.450. The molecule has 0 radical (unpaired) electrons. The Bertz CT molecular complexity index is 631. The molecule has 0 bridgehead atoms. The van der Waals surface area contributed by atoms with E-state index >= 15 is 0 Å². The maximum absolute atomic E-state index is 6.20. The van der Waals surface area contributed by atoms with Crippen molar-refractivity contribution < 1.29 is 0 Å². The lowest BCUT2D eigenvalue weighted by Crippen LogP contribution is -1.99. The first kappa shape index (κ1) is 13.2. The van der Waals surface area contributed by atoms with Crippen molar-refractivity contribution in [3.63, 3.8) is 0 Å². The Hall–Kier alpha value is -0.830. The van der Waals surface area contributed by atoms with Gasteiger partial charge in [-0.05, 0) is 38.0 Å². The van der Waals surface area contributed by atoms with Crippen LogP contribution in [0.3, 0.4) is 0 Å².